The summed E-state index contributed by atoms with van der Waals surface area (Å²) in [5.41, 5.74) is 1.79. The van der Waals surface area contributed by atoms with Crippen molar-refractivity contribution in [1.29, 1.82) is 0 Å². The van der Waals surface area contributed by atoms with E-state index < -0.39 is 0 Å². The van der Waals surface area contributed by atoms with Gasteiger partial charge in [-0.05, 0) is 31.9 Å². The molecule has 128 valence electrons. The number of carbonyl (C=O) groups is 2. The molecule has 0 spiro atoms. The van der Waals surface area contributed by atoms with Gasteiger partial charge in [0.1, 0.15) is 15.6 Å². The van der Waals surface area contributed by atoms with E-state index in [0.717, 1.165) is 6.29 Å². The van der Waals surface area contributed by atoms with Crippen molar-refractivity contribution in [2.45, 2.75) is 27.7 Å². The quantitative estimate of drug-likeness (QED) is 0.556. The second kappa shape index (κ2) is 8.06. The number of rotatable bonds is 7. The number of hydrogen-bond donors (Lipinski definition) is 0. The Balaban J connectivity index is 2.46. The van der Waals surface area contributed by atoms with Gasteiger partial charge in [-0.2, -0.15) is 0 Å². The highest BCUT2D eigenvalue weighted by Gasteiger charge is 2.20. The normalized spacial score (nSPS) is 10.7. The second-order valence-electron chi connectivity index (χ2n) is 5.70. The number of aryl methyl sites for hydroxylation is 1. The first-order chi connectivity index (χ1) is 11.5. The van der Waals surface area contributed by atoms with Crippen molar-refractivity contribution in [2.24, 2.45) is 5.92 Å². The maximum Gasteiger partial charge on any atom is 0.350 e. The first-order valence-electron chi connectivity index (χ1n) is 7.83. The predicted molar refractivity (Wildman–Crippen MR) is 94.0 cm³/mol. The van der Waals surface area contributed by atoms with Crippen LogP contribution in [0.25, 0.3) is 10.6 Å². The number of aromatic nitrogens is 1. The Morgan fingerprint density at radius 2 is 2.12 bits per heavy atom. The van der Waals surface area contributed by atoms with Crippen molar-refractivity contribution in [1.82, 2.24) is 4.98 Å². The lowest BCUT2D eigenvalue weighted by molar-refractivity contribution is 0.0531. The molecule has 2 rings (SSSR count). The molecule has 1 heterocycles. The summed E-state index contributed by atoms with van der Waals surface area (Å²) in [5.74, 6) is 0.450. The molecule has 1 aromatic carbocycles. The maximum atomic E-state index is 12.0. The highest BCUT2D eigenvalue weighted by Crippen LogP contribution is 2.36. The fraction of sp³-hybridized carbons (Fsp3) is 0.389. The molecule has 24 heavy (non-hydrogen) atoms. The zero-order chi connectivity index (χ0) is 17.7. The molecular weight excluding hydrogens is 326 g/mol. The van der Waals surface area contributed by atoms with Crippen LogP contribution in [0, 0.1) is 12.8 Å². The Kier molecular flexibility index (Phi) is 6.09. The lowest BCUT2D eigenvalue weighted by Crippen LogP contribution is -2.07. The van der Waals surface area contributed by atoms with E-state index in [1.165, 1.54) is 11.3 Å². The Morgan fingerprint density at radius 1 is 1.38 bits per heavy atom. The Hall–Kier alpha value is -2.21. The topological polar surface area (TPSA) is 65.5 Å². The third-order valence-corrected chi connectivity index (χ3v) is 4.39. The number of hydrogen-bond acceptors (Lipinski definition) is 6. The summed E-state index contributed by atoms with van der Waals surface area (Å²) in [6.45, 7) is 8.41. The number of nitrogens with zero attached hydrogens (tertiary/aromatic N) is 1. The zero-order valence-electron chi connectivity index (χ0n) is 14.3. The number of aldehydes is 1. The lowest BCUT2D eigenvalue weighted by Gasteiger charge is -2.13. The first-order valence-corrected chi connectivity index (χ1v) is 8.65. The molecular formula is C18H21NO4S. The number of carbonyl (C=O) groups excluding carboxylic acids is 2. The third-order valence-electron chi connectivity index (χ3n) is 3.22. The molecule has 0 bridgehead atoms. The van der Waals surface area contributed by atoms with Crippen LogP contribution in [0.4, 0.5) is 0 Å². The van der Waals surface area contributed by atoms with Crippen LogP contribution >= 0.6 is 11.3 Å². The van der Waals surface area contributed by atoms with Crippen LogP contribution in [0.3, 0.4) is 0 Å². The van der Waals surface area contributed by atoms with Gasteiger partial charge in [-0.3, -0.25) is 4.79 Å². The number of ether oxygens (including phenoxy) is 2. The fourth-order valence-corrected chi connectivity index (χ4v) is 3.11. The molecule has 5 nitrogen and oxygen atoms in total. The number of thiazole rings is 1. The van der Waals surface area contributed by atoms with Gasteiger partial charge in [0.15, 0.2) is 6.29 Å². The molecule has 0 aliphatic carbocycles. The summed E-state index contributed by atoms with van der Waals surface area (Å²) < 4.78 is 10.9. The summed E-state index contributed by atoms with van der Waals surface area (Å²) in [6, 6.07) is 5.33. The van der Waals surface area contributed by atoms with Gasteiger partial charge >= 0.3 is 5.97 Å². The third kappa shape index (κ3) is 4.00. The van der Waals surface area contributed by atoms with E-state index in [0.29, 0.717) is 51.6 Å². The van der Waals surface area contributed by atoms with Crippen LogP contribution in [-0.4, -0.2) is 30.5 Å². The molecule has 0 saturated carbocycles. The highest BCUT2D eigenvalue weighted by molar-refractivity contribution is 7.17. The van der Waals surface area contributed by atoms with E-state index in [9.17, 15) is 9.59 Å². The summed E-state index contributed by atoms with van der Waals surface area (Å²) >= 11 is 1.25. The summed E-state index contributed by atoms with van der Waals surface area (Å²) in [4.78, 5) is 28.3. The van der Waals surface area contributed by atoms with Gasteiger partial charge in [0.05, 0.1) is 30.0 Å². The molecule has 6 heteroatoms. The number of esters is 1. The van der Waals surface area contributed by atoms with Gasteiger partial charge in [0, 0.05) is 0 Å². The smallest absolute Gasteiger partial charge is 0.350 e. The van der Waals surface area contributed by atoms with E-state index in [1.807, 2.05) is 19.9 Å². The van der Waals surface area contributed by atoms with Crippen LogP contribution < -0.4 is 4.74 Å². The highest BCUT2D eigenvalue weighted by atomic mass is 32.1. The van der Waals surface area contributed by atoms with Gasteiger partial charge in [-0.25, -0.2) is 9.78 Å². The lowest BCUT2D eigenvalue weighted by atomic mass is 10.1. The molecule has 0 aliphatic heterocycles. The van der Waals surface area contributed by atoms with Crippen molar-refractivity contribution in [3.8, 4) is 16.3 Å². The van der Waals surface area contributed by atoms with Gasteiger partial charge in [0.25, 0.3) is 0 Å². The molecule has 0 fully saturated rings. The molecule has 0 radical (unpaired) electrons. The standard InChI is InChI=1S/C18H21NO4S/c1-5-22-18(21)16-12(4)19-17(24-16)14-8-6-7-13(9-20)15(14)23-10-11(2)3/h6-9,11H,5,10H2,1-4H3. The van der Waals surface area contributed by atoms with E-state index in [4.69, 9.17) is 9.47 Å². The van der Waals surface area contributed by atoms with Crippen molar-refractivity contribution in [3.05, 3.63) is 34.3 Å². The van der Waals surface area contributed by atoms with E-state index in [2.05, 4.69) is 4.98 Å². The van der Waals surface area contributed by atoms with E-state index >= 15 is 0 Å². The summed E-state index contributed by atoms with van der Waals surface area (Å²) in [7, 11) is 0. The van der Waals surface area contributed by atoms with Crippen LogP contribution in [0.2, 0.25) is 0 Å². The molecule has 0 amide bonds. The number of para-hydroxylation sites is 1. The molecule has 0 atom stereocenters. The van der Waals surface area contributed by atoms with Crippen LogP contribution in [0.15, 0.2) is 18.2 Å². The monoisotopic (exact) mass is 347 g/mol. The average Bonchev–Trinajstić information content (AvgIpc) is 2.94. The van der Waals surface area contributed by atoms with Crippen LogP contribution in [-0.2, 0) is 4.74 Å². The minimum Gasteiger partial charge on any atom is -0.492 e. The van der Waals surface area contributed by atoms with E-state index in [-0.39, 0.29) is 5.97 Å². The number of benzene rings is 1. The molecule has 0 unspecified atom stereocenters. The molecule has 0 N–H and O–H groups in total. The van der Waals surface area contributed by atoms with Crippen molar-refractivity contribution < 1.29 is 19.1 Å². The molecule has 0 saturated heterocycles. The van der Waals surface area contributed by atoms with E-state index in [1.54, 1.807) is 26.0 Å². The minimum absolute atomic E-state index is 0.314. The van der Waals surface area contributed by atoms with Gasteiger partial charge < -0.3 is 9.47 Å². The minimum atomic E-state index is -0.380. The largest absolute Gasteiger partial charge is 0.492 e. The summed E-state index contributed by atoms with van der Waals surface area (Å²) in [6.07, 6.45) is 0.770. The van der Waals surface area contributed by atoms with Crippen molar-refractivity contribution in [3.63, 3.8) is 0 Å². The fourth-order valence-electron chi connectivity index (χ4n) is 2.12. The van der Waals surface area contributed by atoms with Crippen LogP contribution in [0.5, 0.6) is 5.75 Å². The van der Waals surface area contributed by atoms with Crippen molar-refractivity contribution >= 4 is 23.6 Å². The van der Waals surface area contributed by atoms with Crippen molar-refractivity contribution in [2.75, 3.05) is 13.2 Å². The average molecular weight is 347 g/mol. The first kappa shape index (κ1) is 18.1. The van der Waals surface area contributed by atoms with Gasteiger partial charge in [0.2, 0.25) is 0 Å². The van der Waals surface area contributed by atoms with Gasteiger partial charge in [-0.15, -0.1) is 11.3 Å². The second-order valence-corrected chi connectivity index (χ2v) is 6.70. The maximum absolute atomic E-state index is 12.0. The Bertz CT molecular complexity index is 737. The predicted octanol–water partition coefficient (Wildman–Crippen LogP) is 4.14. The molecule has 0 aliphatic rings. The van der Waals surface area contributed by atoms with Crippen LogP contribution in [0.1, 0.15) is 46.5 Å². The SMILES string of the molecule is CCOC(=O)c1sc(-c2cccc(C=O)c2OCC(C)C)nc1C. The zero-order valence-corrected chi connectivity index (χ0v) is 15.1. The Labute approximate surface area is 145 Å². The molecule has 2 aromatic rings. The Morgan fingerprint density at radius 3 is 2.75 bits per heavy atom. The summed E-state index contributed by atoms with van der Waals surface area (Å²) in [5, 5.41) is 0.637. The molecule has 1 aromatic heterocycles. The van der Waals surface area contributed by atoms with Gasteiger partial charge in [-0.1, -0.05) is 19.9 Å².